The Labute approximate surface area is 166 Å². The largest absolute Gasteiger partial charge is 0.379 e. The maximum Gasteiger partial charge on any atom is 0.191 e. The fourth-order valence-corrected chi connectivity index (χ4v) is 3.30. The van der Waals surface area contributed by atoms with E-state index in [1.54, 1.807) is 13.1 Å². The molecule has 2 heterocycles. The van der Waals surface area contributed by atoms with E-state index in [0.717, 1.165) is 44.6 Å². The maximum absolute atomic E-state index is 14.5. The van der Waals surface area contributed by atoms with Crippen molar-refractivity contribution in [3.63, 3.8) is 0 Å². The van der Waals surface area contributed by atoms with Crippen LogP contribution >= 0.6 is 0 Å². The highest BCUT2D eigenvalue weighted by atomic mass is 19.1. The number of rotatable bonds is 8. The monoisotopic (exact) mass is 394 g/mol. The van der Waals surface area contributed by atoms with Crippen molar-refractivity contribution in [1.29, 1.82) is 0 Å². The van der Waals surface area contributed by atoms with Gasteiger partial charge in [-0.1, -0.05) is 6.07 Å². The number of ether oxygens (including phenoxy) is 3. The first kappa shape index (κ1) is 20.8. The van der Waals surface area contributed by atoms with Crippen LogP contribution in [0, 0.1) is 5.82 Å². The summed E-state index contributed by atoms with van der Waals surface area (Å²) in [5.41, 5.74) is 1.52. The topological polar surface area (TPSA) is 67.4 Å². The molecule has 2 N–H and O–H groups in total. The van der Waals surface area contributed by atoms with Crippen LogP contribution in [0.5, 0.6) is 0 Å². The lowest BCUT2D eigenvalue weighted by atomic mass is 10.1. The van der Waals surface area contributed by atoms with Crippen LogP contribution in [0.3, 0.4) is 0 Å². The van der Waals surface area contributed by atoms with Gasteiger partial charge in [0.1, 0.15) is 5.82 Å². The van der Waals surface area contributed by atoms with Crippen molar-refractivity contribution in [2.45, 2.75) is 25.5 Å². The molecule has 1 aromatic rings. The number of morpholine rings is 1. The molecule has 2 aliphatic heterocycles. The van der Waals surface area contributed by atoms with Gasteiger partial charge in [0.05, 0.1) is 31.6 Å². The van der Waals surface area contributed by atoms with Gasteiger partial charge in [0.25, 0.3) is 0 Å². The molecule has 1 aromatic carbocycles. The molecular weight excluding hydrogens is 363 g/mol. The minimum Gasteiger partial charge on any atom is -0.379 e. The van der Waals surface area contributed by atoms with Gasteiger partial charge in [0.2, 0.25) is 0 Å². The molecule has 1 atom stereocenters. The smallest absolute Gasteiger partial charge is 0.191 e. The standard InChI is InChI=1S/C20H31FN4O3/c1-22-20(23-6-2-9-28-17-5-10-27-15-17)24-14-16-3-4-19(18(21)13-16)25-7-11-26-12-8-25/h3-4,13,17H,2,5-12,14-15H2,1H3,(H2,22,23,24). The summed E-state index contributed by atoms with van der Waals surface area (Å²) in [5.74, 6) is 0.499. The molecule has 156 valence electrons. The van der Waals surface area contributed by atoms with E-state index in [1.807, 2.05) is 17.0 Å². The Balaban J connectivity index is 1.37. The fraction of sp³-hybridized carbons (Fsp3) is 0.650. The van der Waals surface area contributed by atoms with Gasteiger partial charge in [-0.15, -0.1) is 0 Å². The summed E-state index contributed by atoms with van der Waals surface area (Å²) in [7, 11) is 1.73. The van der Waals surface area contributed by atoms with E-state index in [-0.39, 0.29) is 11.9 Å². The third-order valence-corrected chi connectivity index (χ3v) is 4.90. The molecule has 0 aliphatic carbocycles. The van der Waals surface area contributed by atoms with E-state index in [4.69, 9.17) is 14.2 Å². The number of anilines is 1. The van der Waals surface area contributed by atoms with Crippen molar-refractivity contribution in [1.82, 2.24) is 10.6 Å². The van der Waals surface area contributed by atoms with E-state index < -0.39 is 0 Å². The van der Waals surface area contributed by atoms with E-state index in [2.05, 4.69) is 15.6 Å². The van der Waals surface area contributed by atoms with Crippen molar-refractivity contribution in [2.24, 2.45) is 4.99 Å². The van der Waals surface area contributed by atoms with E-state index in [1.165, 1.54) is 0 Å². The predicted octanol–water partition coefficient (Wildman–Crippen LogP) is 1.52. The first-order chi connectivity index (χ1) is 13.8. The van der Waals surface area contributed by atoms with Crippen LogP contribution in [0.15, 0.2) is 23.2 Å². The molecule has 2 fully saturated rings. The zero-order valence-electron chi connectivity index (χ0n) is 16.6. The van der Waals surface area contributed by atoms with Crippen molar-refractivity contribution in [3.05, 3.63) is 29.6 Å². The van der Waals surface area contributed by atoms with E-state index in [9.17, 15) is 4.39 Å². The van der Waals surface area contributed by atoms with Crippen LogP contribution in [-0.2, 0) is 20.8 Å². The van der Waals surface area contributed by atoms with Crippen LogP contribution in [-0.4, -0.2) is 71.8 Å². The average molecular weight is 394 g/mol. The zero-order chi connectivity index (χ0) is 19.6. The molecule has 7 nitrogen and oxygen atoms in total. The van der Waals surface area contributed by atoms with E-state index >= 15 is 0 Å². The van der Waals surface area contributed by atoms with Crippen molar-refractivity contribution in [2.75, 3.05) is 64.6 Å². The quantitative estimate of drug-likeness (QED) is 0.396. The molecule has 8 heteroatoms. The van der Waals surface area contributed by atoms with Gasteiger partial charge < -0.3 is 29.7 Å². The van der Waals surface area contributed by atoms with Crippen LogP contribution in [0.2, 0.25) is 0 Å². The number of nitrogens with one attached hydrogen (secondary N) is 2. The summed E-state index contributed by atoms with van der Waals surface area (Å²) in [5, 5.41) is 6.48. The molecule has 0 bridgehead atoms. The Bertz CT molecular complexity index is 632. The minimum atomic E-state index is -0.197. The van der Waals surface area contributed by atoms with Crippen LogP contribution in [0.25, 0.3) is 0 Å². The summed E-state index contributed by atoms with van der Waals surface area (Å²) >= 11 is 0. The van der Waals surface area contributed by atoms with Gasteiger partial charge in [0, 0.05) is 46.4 Å². The second-order valence-electron chi connectivity index (χ2n) is 6.95. The lowest BCUT2D eigenvalue weighted by Gasteiger charge is -2.29. The Morgan fingerprint density at radius 1 is 1.25 bits per heavy atom. The van der Waals surface area contributed by atoms with Gasteiger partial charge in [-0.05, 0) is 30.5 Å². The molecule has 0 saturated carbocycles. The first-order valence-electron chi connectivity index (χ1n) is 10.0. The third kappa shape index (κ3) is 6.32. The van der Waals surface area contributed by atoms with Crippen molar-refractivity contribution in [3.8, 4) is 0 Å². The second kappa shape index (κ2) is 11.2. The normalized spacial score (nSPS) is 20.4. The fourth-order valence-electron chi connectivity index (χ4n) is 3.30. The third-order valence-electron chi connectivity index (χ3n) is 4.90. The Hall–Kier alpha value is -1.90. The zero-order valence-corrected chi connectivity index (χ0v) is 16.6. The van der Waals surface area contributed by atoms with Crippen molar-refractivity contribution < 1.29 is 18.6 Å². The number of benzene rings is 1. The molecule has 0 radical (unpaired) electrons. The number of hydrogen-bond donors (Lipinski definition) is 2. The Morgan fingerprint density at radius 3 is 2.82 bits per heavy atom. The van der Waals surface area contributed by atoms with Crippen LogP contribution < -0.4 is 15.5 Å². The summed E-state index contributed by atoms with van der Waals surface area (Å²) in [6.45, 7) is 6.21. The molecule has 3 rings (SSSR count). The van der Waals surface area contributed by atoms with Crippen LogP contribution in [0.4, 0.5) is 10.1 Å². The molecule has 28 heavy (non-hydrogen) atoms. The summed E-state index contributed by atoms with van der Waals surface area (Å²) < 4.78 is 30.8. The highest BCUT2D eigenvalue weighted by Gasteiger charge is 2.16. The number of hydrogen-bond acceptors (Lipinski definition) is 5. The lowest BCUT2D eigenvalue weighted by molar-refractivity contribution is 0.0420. The SMILES string of the molecule is CN=C(NCCCOC1CCOC1)NCc1ccc(N2CCOCC2)c(F)c1. The van der Waals surface area contributed by atoms with Gasteiger partial charge in [-0.25, -0.2) is 4.39 Å². The number of nitrogens with zero attached hydrogens (tertiary/aromatic N) is 2. The minimum absolute atomic E-state index is 0.197. The van der Waals surface area contributed by atoms with Gasteiger partial charge in [0.15, 0.2) is 5.96 Å². The maximum atomic E-state index is 14.5. The molecular formula is C20H31FN4O3. The second-order valence-corrected chi connectivity index (χ2v) is 6.95. The lowest BCUT2D eigenvalue weighted by Crippen LogP contribution is -2.38. The summed E-state index contributed by atoms with van der Waals surface area (Å²) in [6.07, 6.45) is 2.12. The molecule has 1 unspecified atom stereocenters. The molecule has 0 amide bonds. The number of guanidine groups is 1. The summed E-state index contributed by atoms with van der Waals surface area (Å²) in [4.78, 5) is 6.23. The highest BCUT2D eigenvalue weighted by molar-refractivity contribution is 5.79. The number of aliphatic imine (C=N–C) groups is 1. The number of halogens is 1. The first-order valence-corrected chi connectivity index (χ1v) is 10.0. The van der Waals surface area contributed by atoms with Crippen molar-refractivity contribution >= 4 is 11.6 Å². The van der Waals surface area contributed by atoms with E-state index in [0.29, 0.717) is 44.6 Å². The highest BCUT2D eigenvalue weighted by Crippen LogP contribution is 2.21. The Morgan fingerprint density at radius 2 is 2.11 bits per heavy atom. The van der Waals surface area contributed by atoms with Gasteiger partial charge >= 0.3 is 0 Å². The van der Waals surface area contributed by atoms with Gasteiger partial charge in [-0.3, -0.25) is 4.99 Å². The summed E-state index contributed by atoms with van der Waals surface area (Å²) in [6, 6.07) is 5.38. The van der Waals surface area contributed by atoms with Gasteiger partial charge in [-0.2, -0.15) is 0 Å². The molecule has 0 spiro atoms. The average Bonchev–Trinajstić information content (AvgIpc) is 3.24. The molecule has 2 saturated heterocycles. The Kier molecular flexibility index (Phi) is 8.32. The predicted molar refractivity (Wildman–Crippen MR) is 107 cm³/mol. The molecule has 0 aromatic heterocycles. The molecule has 2 aliphatic rings. The van der Waals surface area contributed by atoms with Crippen LogP contribution in [0.1, 0.15) is 18.4 Å².